The Bertz CT molecular complexity index is 873. The minimum absolute atomic E-state index is 0.271. The van der Waals surface area contributed by atoms with Crippen molar-refractivity contribution in [2.24, 2.45) is 5.41 Å². The maximum absolute atomic E-state index is 13.1. The summed E-state index contributed by atoms with van der Waals surface area (Å²) in [7, 11) is 0. The van der Waals surface area contributed by atoms with E-state index in [4.69, 9.17) is 21.1 Å². The van der Waals surface area contributed by atoms with E-state index in [1.807, 2.05) is 30.3 Å². The number of ether oxygens (including phenoxy) is 2. The molecule has 27 heavy (non-hydrogen) atoms. The van der Waals surface area contributed by atoms with E-state index in [9.17, 15) is 14.4 Å². The Hall–Kier alpha value is -2.66. The summed E-state index contributed by atoms with van der Waals surface area (Å²) in [5.74, 6) is -1.90. The Kier molecular flexibility index (Phi) is 5.07. The molecule has 0 saturated carbocycles. The zero-order valence-electron chi connectivity index (χ0n) is 15.0. The van der Waals surface area contributed by atoms with E-state index < -0.39 is 28.7 Å². The predicted octanol–water partition coefficient (Wildman–Crippen LogP) is 3.93. The summed E-state index contributed by atoms with van der Waals surface area (Å²) in [4.78, 5) is 38.0. The monoisotopic (exact) mass is 386 g/mol. The van der Waals surface area contributed by atoms with Crippen LogP contribution in [0.5, 0.6) is 0 Å². The van der Waals surface area contributed by atoms with Gasteiger partial charge in [-0.25, -0.2) is 0 Å². The van der Waals surface area contributed by atoms with E-state index in [0.29, 0.717) is 5.02 Å². The van der Waals surface area contributed by atoms with E-state index in [0.717, 1.165) is 5.56 Å². The first-order valence-corrected chi connectivity index (χ1v) is 8.87. The van der Waals surface area contributed by atoms with Crippen molar-refractivity contribution in [3.8, 4) is 0 Å². The van der Waals surface area contributed by atoms with Gasteiger partial charge in [0.05, 0.1) is 6.42 Å². The average molecular weight is 387 g/mol. The Morgan fingerprint density at radius 1 is 1.07 bits per heavy atom. The summed E-state index contributed by atoms with van der Waals surface area (Å²) >= 11 is 5.87. The van der Waals surface area contributed by atoms with Crippen molar-refractivity contribution in [2.75, 3.05) is 6.61 Å². The van der Waals surface area contributed by atoms with Crippen LogP contribution in [-0.2, 0) is 24.7 Å². The highest BCUT2D eigenvalue weighted by atomic mass is 35.5. The quantitative estimate of drug-likeness (QED) is 0.442. The van der Waals surface area contributed by atoms with Crippen LogP contribution in [0, 0.1) is 5.41 Å². The normalized spacial score (nSPS) is 19.4. The van der Waals surface area contributed by atoms with Crippen LogP contribution >= 0.6 is 11.6 Å². The van der Waals surface area contributed by atoms with Crippen molar-refractivity contribution in [1.82, 2.24) is 0 Å². The van der Waals surface area contributed by atoms with Gasteiger partial charge in [0.1, 0.15) is 12.2 Å². The first-order chi connectivity index (χ1) is 12.7. The van der Waals surface area contributed by atoms with Gasteiger partial charge in [-0.3, -0.25) is 14.4 Å². The third-order valence-electron chi connectivity index (χ3n) is 4.67. The number of carbonyl (C=O) groups is 3. The lowest BCUT2D eigenvalue weighted by molar-refractivity contribution is -0.167. The van der Waals surface area contributed by atoms with Crippen molar-refractivity contribution in [1.29, 1.82) is 0 Å². The largest absolute Gasteiger partial charge is 0.464 e. The van der Waals surface area contributed by atoms with Crippen LogP contribution in [0.1, 0.15) is 36.2 Å². The van der Waals surface area contributed by atoms with Gasteiger partial charge < -0.3 is 9.47 Å². The fraction of sp³-hybridized carbons (Fsp3) is 0.286. The summed E-state index contributed by atoms with van der Waals surface area (Å²) in [6.07, 6.45) is -0.349. The first-order valence-electron chi connectivity index (χ1n) is 8.50. The fourth-order valence-corrected chi connectivity index (χ4v) is 3.15. The van der Waals surface area contributed by atoms with Crippen molar-refractivity contribution in [2.45, 2.75) is 25.9 Å². The van der Waals surface area contributed by atoms with Gasteiger partial charge in [0.15, 0.2) is 11.2 Å². The summed E-state index contributed by atoms with van der Waals surface area (Å²) in [6, 6.07) is 15.3. The molecule has 140 valence electrons. The molecule has 3 rings (SSSR count). The minimum atomic E-state index is -1.70. The van der Waals surface area contributed by atoms with Crippen molar-refractivity contribution >= 4 is 29.3 Å². The molecular formula is C21H19ClO5. The molecule has 0 unspecified atom stereocenters. The lowest BCUT2D eigenvalue weighted by Crippen LogP contribution is -2.44. The van der Waals surface area contributed by atoms with E-state index >= 15 is 0 Å². The molecule has 1 atom stereocenters. The summed E-state index contributed by atoms with van der Waals surface area (Å²) < 4.78 is 10.7. The third kappa shape index (κ3) is 3.74. The molecule has 1 aliphatic heterocycles. The maximum atomic E-state index is 13.1. The molecule has 1 aliphatic rings. The predicted molar refractivity (Wildman–Crippen MR) is 99.4 cm³/mol. The Morgan fingerprint density at radius 3 is 2.26 bits per heavy atom. The van der Waals surface area contributed by atoms with Crippen LogP contribution in [0.25, 0.3) is 0 Å². The van der Waals surface area contributed by atoms with E-state index in [-0.39, 0.29) is 18.6 Å². The second kappa shape index (κ2) is 7.16. The highest BCUT2D eigenvalue weighted by Crippen LogP contribution is 2.38. The van der Waals surface area contributed by atoms with Crippen LogP contribution in [-0.4, -0.2) is 24.3 Å². The number of benzene rings is 2. The Balaban J connectivity index is 1.92. The number of esters is 2. The number of hydrogen-bond acceptors (Lipinski definition) is 5. The van der Waals surface area contributed by atoms with Crippen LogP contribution in [0.3, 0.4) is 0 Å². The zero-order chi connectivity index (χ0) is 19.7. The highest BCUT2D eigenvalue weighted by Gasteiger charge is 2.55. The van der Waals surface area contributed by atoms with Gasteiger partial charge in [-0.05, 0) is 43.7 Å². The molecule has 5 nitrogen and oxygen atoms in total. The van der Waals surface area contributed by atoms with Gasteiger partial charge in [-0.15, -0.1) is 0 Å². The molecular weight excluding hydrogens is 368 g/mol. The smallest absolute Gasteiger partial charge is 0.325 e. The highest BCUT2D eigenvalue weighted by molar-refractivity contribution is 6.30. The molecule has 0 radical (unpaired) electrons. The number of Topliss-reactive ketones (excluding diaryl/α,β-unsaturated/α-hetero) is 1. The minimum Gasteiger partial charge on any atom is -0.464 e. The number of carbonyl (C=O) groups excluding carboxylic acids is 3. The van der Waals surface area contributed by atoms with Gasteiger partial charge in [0.25, 0.3) is 0 Å². The SMILES string of the molecule is CC(C)(OC(=O)[C@@]1(C(=O)c2ccc(Cl)cc2)COC(=O)C1)c1ccccc1. The average Bonchev–Trinajstić information content (AvgIpc) is 3.05. The van der Waals surface area contributed by atoms with E-state index in [1.165, 1.54) is 12.1 Å². The maximum Gasteiger partial charge on any atom is 0.325 e. The molecule has 2 aromatic rings. The number of halogens is 1. The Labute approximate surface area is 162 Å². The molecule has 0 N–H and O–H groups in total. The lowest BCUT2D eigenvalue weighted by Gasteiger charge is -2.31. The molecule has 1 fully saturated rings. The first kappa shape index (κ1) is 19.1. The van der Waals surface area contributed by atoms with Gasteiger partial charge in [-0.1, -0.05) is 41.9 Å². The molecule has 0 aromatic heterocycles. The van der Waals surface area contributed by atoms with Crippen molar-refractivity contribution in [3.05, 3.63) is 70.7 Å². The van der Waals surface area contributed by atoms with Crippen LogP contribution in [0.15, 0.2) is 54.6 Å². The van der Waals surface area contributed by atoms with Gasteiger partial charge in [0, 0.05) is 10.6 Å². The molecule has 1 saturated heterocycles. The number of ketones is 1. The van der Waals surface area contributed by atoms with Gasteiger partial charge in [-0.2, -0.15) is 0 Å². The van der Waals surface area contributed by atoms with E-state index in [1.54, 1.807) is 26.0 Å². The topological polar surface area (TPSA) is 69.7 Å². The summed E-state index contributed by atoms with van der Waals surface area (Å²) in [6.45, 7) is 3.13. The molecule has 6 heteroatoms. The lowest BCUT2D eigenvalue weighted by atomic mass is 9.79. The second-order valence-corrected chi connectivity index (χ2v) is 7.46. The molecule has 0 bridgehead atoms. The number of rotatable bonds is 5. The van der Waals surface area contributed by atoms with Crippen molar-refractivity contribution in [3.63, 3.8) is 0 Å². The Morgan fingerprint density at radius 2 is 1.70 bits per heavy atom. The van der Waals surface area contributed by atoms with Crippen LogP contribution in [0.2, 0.25) is 5.02 Å². The van der Waals surface area contributed by atoms with Gasteiger partial charge >= 0.3 is 11.9 Å². The third-order valence-corrected chi connectivity index (χ3v) is 4.93. The van der Waals surface area contributed by atoms with Gasteiger partial charge in [0.2, 0.25) is 0 Å². The summed E-state index contributed by atoms with van der Waals surface area (Å²) in [5, 5.41) is 0.465. The number of cyclic esters (lactones) is 1. The standard InChI is InChI=1S/C21H19ClO5/c1-20(2,15-6-4-3-5-7-15)27-19(25)21(12-17(23)26-13-21)18(24)14-8-10-16(22)11-9-14/h3-11H,12-13H2,1-2H3/t21-/m1/s1. The molecule has 0 aliphatic carbocycles. The van der Waals surface area contributed by atoms with Crippen molar-refractivity contribution < 1.29 is 23.9 Å². The van der Waals surface area contributed by atoms with Crippen LogP contribution < -0.4 is 0 Å². The molecule has 1 heterocycles. The second-order valence-electron chi connectivity index (χ2n) is 7.02. The zero-order valence-corrected chi connectivity index (χ0v) is 15.8. The number of hydrogen-bond donors (Lipinski definition) is 0. The molecule has 0 spiro atoms. The molecule has 2 aromatic carbocycles. The van der Waals surface area contributed by atoms with E-state index in [2.05, 4.69) is 0 Å². The van der Waals surface area contributed by atoms with Crippen LogP contribution in [0.4, 0.5) is 0 Å². The summed E-state index contributed by atoms with van der Waals surface area (Å²) in [5.41, 5.74) is -1.63. The molecule has 0 amide bonds. The fourth-order valence-electron chi connectivity index (χ4n) is 3.03.